The van der Waals surface area contributed by atoms with Crippen LogP contribution in [0.3, 0.4) is 0 Å². The first-order valence-electron chi connectivity index (χ1n) is 10.2. The van der Waals surface area contributed by atoms with Gasteiger partial charge in [0.2, 0.25) is 0 Å². The molecule has 0 saturated heterocycles. The molecule has 2 heteroatoms. The maximum absolute atomic E-state index is 2.47. The minimum absolute atomic E-state index is 0. The summed E-state index contributed by atoms with van der Waals surface area (Å²) in [5.74, 6) is 0. The molecule has 3 aromatic rings. The molecular formula is C25H31SiZr-. The zero-order valence-corrected chi connectivity index (χ0v) is 20.7. The molecular weight excluding hydrogens is 420 g/mol. The van der Waals surface area contributed by atoms with E-state index in [4.69, 9.17) is 0 Å². The number of rotatable bonds is 5. The molecule has 0 aliphatic heterocycles. The topological polar surface area (TPSA) is 0 Å². The van der Waals surface area contributed by atoms with Crippen LogP contribution in [0.4, 0.5) is 0 Å². The summed E-state index contributed by atoms with van der Waals surface area (Å²) in [5, 5.41) is 4.36. The second-order valence-electron chi connectivity index (χ2n) is 9.38. The van der Waals surface area contributed by atoms with Crippen LogP contribution in [0, 0.1) is 5.41 Å². The van der Waals surface area contributed by atoms with Crippen molar-refractivity contribution in [3.63, 3.8) is 0 Å². The Morgan fingerprint density at radius 3 is 2.26 bits per heavy atom. The zero-order chi connectivity index (χ0) is 18.4. The summed E-state index contributed by atoms with van der Waals surface area (Å²) in [6, 6.07) is 21.0. The van der Waals surface area contributed by atoms with Crippen molar-refractivity contribution >= 4 is 24.0 Å². The van der Waals surface area contributed by atoms with E-state index in [1.165, 1.54) is 64.8 Å². The Labute approximate surface area is 184 Å². The molecule has 0 atom stereocenters. The van der Waals surface area contributed by atoms with E-state index in [2.05, 4.69) is 81.2 Å². The van der Waals surface area contributed by atoms with Crippen LogP contribution in [-0.4, -0.2) is 8.07 Å². The summed E-state index contributed by atoms with van der Waals surface area (Å²) >= 11 is 0. The molecule has 0 amide bonds. The molecule has 0 spiro atoms. The predicted molar refractivity (Wildman–Crippen MR) is 118 cm³/mol. The molecule has 0 nitrogen and oxygen atoms in total. The van der Waals surface area contributed by atoms with Gasteiger partial charge < -0.3 is 0 Å². The first kappa shape index (κ1) is 20.9. The van der Waals surface area contributed by atoms with E-state index >= 15 is 0 Å². The summed E-state index contributed by atoms with van der Waals surface area (Å²) in [6.45, 7) is 9.61. The van der Waals surface area contributed by atoms with Gasteiger partial charge in [0.1, 0.15) is 0 Å². The second-order valence-corrected chi connectivity index (χ2v) is 14.5. The fourth-order valence-electron chi connectivity index (χ4n) is 4.57. The van der Waals surface area contributed by atoms with Crippen molar-refractivity contribution < 1.29 is 26.2 Å². The third-order valence-electron chi connectivity index (χ3n) is 6.62. The Morgan fingerprint density at radius 1 is 1.00 bits per heavy atom. The van der Waals surface area contributed by atoms with Crippen molar-refractivity contribution in [3.8, 4) is 11.1 Å². The average Bonchev–Trinajstić information content (AvgIpc) is 3.00. The van der Waals surface area contributed by atoms with Crippen LogP contribution in [0.2, 0.25) is 19.6 Å². The monoisotopic (exact) mass is 449 g/mol. The van der Waals surface area contributed by atoms with Crippen LogP contribution >= 0.6 is 0 Å². The van der Waals surface area contributed by atoms with E-state index in [-0.39, 0.29) is 26.2 Å². The minimum Gasteiger partial charge on any atom is -0.164 e. The Bertz CT molecular complexity index is 902. The van der Waals surface area contributed by atoms with Crippen molar-refractivity contribution in [2.45, 2.75) is 58.7 Å². The third kappa shape index (κ3) is 4.13. The first-order valence-corrected chi connectivity index (χ1v) is 13.7. The molecule has 0 aromatic heterocycles. The fourth-order valence-corrected chi connectivity index (χ4v) is 5.73. The van der Waals surface area contributed by atoms with Crippen LogP contribution in [0.25, 0.3) is 21.9 Å². The standard InChI is InChI=1S/C25H31Si.Zr/c1-5-25(14-7-15-25)18-19-16-21-8-6-9-23(24(21)17-19)20-10-12-22(13-11-20)26(2,3)4;/h6,8-13,16-17H,5,7,14-15,18H2,1-4H3;/q-1;. The smallest absolute Gasteiger partial charge is 0.0775 e. The Kier molecular flexibility index (Phi) is 6.09. The molecule has 0 radical (unpaired) electrons. The molecule has 0 heterocycles. The third-order valence-corrected chi connectivity index (χ3v) is 8.68. The second kappa shape index (κ2) is 7.88. The van der Waals surface area contributed by atoms with E-state index in [1.54, 1.807) is 0 Å². The molecule has 27 heavy (non-hydrogen) atoms. The van der Waals surface area contributed by atoms with Crippen LogP contribution in [0.5, 0.6) is 0 Å². The molecule has 0 unspecified atom stereocenters. The molecule has 0 N–H and O–H groups in total. The Hall–Kier alpha value is -0.850. The zero-order valence-electron chi connectivity index (χ0n) is 17.2. The van der Waals surface area contributed by atoms with Crippen LogP contribution < -0.4 is 5.19 Å². The SMILES string of the molecule is CCC1(Cc2cc3c(-c4ccc([Si](C)(C)C)cc4)cccc3[cH-]2)CCC1.[Zr]. The summed E-state index contributed by atoms with van der Waals surface area (Å²) in [7, 11) is -1.24. The summed E-state index contributed by atoms with van der Waals surface area (Å²) in [4.78, 5) is 0. The van der Waals surface area contributed by atoms with E-state index in [9.17, 15) is 0 Å². The van der Waals surface area contributed by atoms with Gasteiger partial charge in [-0.25, -0.2) is 0 Å². The van der Waals surface area contributed by atoms with Gasteiger partial charge in [0.05, 0.1) is 8.07 Å². The normalized spacial score (nSPS) is 16.0. The summed E-state index contributed by atoms with van der Waals surface area (Å²) in [5.41, 5.74) is 4.86. The first-order chi connectivity index (χ1) is 12.4. The van der Waals surface area contributed by atoms with Crippen LogP contribution in [0.15, 0.2) is 54.6 Å². The van der Waals surface area contributed by atoms with Gasteiger partial charge in [-0.05, 0) is 30.2 Å². The molecule has 1 saturated carbocycles. The minimum atomic E-state index is -1.24. The van der Waals surface area contributed by atoms with E-state index in [0.717, 1.165) is 0 Å². The van der Waals surface area contributed by atoms with Crippen molar-refractivity contribution in [2.24, 2.45) is 5.41 Å². The van der Waals surface area contributed by atoms with Gasteiger partial charge in [0.25, 0.3) is 0 Å². The van der Waals surface area contributed by atoms with Crippen LogP contribution in [0.1, 0.15) is 38.2 Å². The average molecular weight is 451 g/mol. The molecule has 4 rings (SSSR count). The fraction of sp³-hybridized carbons (Fsp3) is 0.400. The largest absolute Gasteiger partial charge is 0.164 e. The molecule has 1 aliphatic carbocycles. The van der Waals surface area contributed by atoms with Gasteiger partial charge in [-0.1, -0.05) is 80.5 Å². The number of benzene rings is 2. The van der Waals surface area contributed by atoms with Gasteiger partial charge in [0, 0.05) is 26.2 Å². The maximum Gasteiger partial charge on any atom is 0.0775 e. The van der Waals surface area contributed by atoms with Crippen molar-refractivity contribution in [1.29, 1.82) is 0 Å². The van der Waals surface area contributed by atoms with E-state index in [0.29, 0.717) is 5.41 Å². The van der Waals surface area contributed by atoms with Gasteiger partial charge in [-0.2, -0.15) is 6.07 Å². The number of hydrogen-bond acceptors (Lipinski definition) is 0. The Balaban J connectivity index is 0.00000210. The van der Waals surface area contributed by atoms with E-state index in [1.807, 2.05) is 0 Å². The van der Waals surface area contributed by atoms with Gasteiger partial charge in [-0.15, -0.1) is 34.5 Å². The Morgan fingerprint density at radius 2 is 1.70 bits per heavy atom. The number of fused-ring (bicyclic) bond motifs is 1. The van der Waals surface area contributed by atoms with Crippen molar-refractivity contribution in [3.05, 3.63) is 60.2 Å². The van der Waals surface area contributed by atoms with Gasteiger partial charge >= 0.3 is 0 Å². The molecule has 140 valence electrons. The molecule has 1 aliphatic rings. The molecule has 3 aromatic carbocycles. The van der Waals surface area contributed by atoms with Crippen molar-refractivity contribution in [1.82, 2.24) is 0 Å². The predicted octanol–water partition coefficient (Wildman–Crippen LogP) is 6.89. The van der Waals surface area contributed by atoms with Gasteiger partial charge in [0.15, 0.2) is 0 Å². The number of hydrogen-bond donors (Lipinski definition) is 0. The molecule has 0 bridgehead atoms. The summed E-state index contributed by atoms with van der Waals surface area (Å²) in [6.07, 6.45) is 6.82. The summed E-state index contributed by atoms with van der Waals surface area (Å²) < 4.78 is 0. The quantitative estimate of drug-likeness (QED) is 0.293. The van der Waals surface area contributed by atoms with Crippen LogP contribution in [-0.2, 0) is 32.6 Å². The van der Waals surface area contributed by atoms with Crippen molar-refractivity contribution in [2.75, 3.05) is 0 Å². The molecule has 1 fully saturated rings. The maximum atomic E-state index is 2.47. The van der Waals surface area contributed by atoms with Gasteiger partial charge in [-0.3, -0.25) is 0 Å². The van der Waals surface area contributed by atoms with E-state index < -0.39 is 8.07 Å².